The van der Waals surface area contributed by atoms with Gasteiger partial charge in [-0.05, 0) is 29.2 Å². The second-order valence-corrected chi connectivity index (χ2v) is 5.98. The van der Waals surface area contributed by atoms with Crippen LogP contribution < -0.4 is 14.8 Å². The molecule has 2 aromatic carbocycles. The summed E-state index contributed by atoms with van der Waals surface area (Å²) in [5.41, 5.74) is 4.39. The van der Waals surface area contributed by atoms with Gasteiger partial charge in [0.1, 0.15) is 13.2 Å². The third kappa shape index (κ3) is 2.54. The van der Waals surface area contributed by atoms with Gasteiger partial charge in [-0.3, -0.25) is 4.79 Å². The van der Waals surface area contributed by atoms with Crippen LogP contribution in [0.5, 0.6) is 11.5 Å². The van der Waals surface area contributed by atoms with Crippen molar-refractivity contribution in [3.8, 4) is 11.5 Å². The number of carbonyl (C=O) groups excluding carboxylic acids is 1. The molecule has 1 N–H and O–H groups in total. The monoisotopic (exact) mass is 309 g/mol. The minimum atomic E-state index is 0.0405. The zero-order valence-electron chi connectivity index (χ0n) is 13.1. The molecule has 4 rings (SSSR count). The van der Waals surface area contributed by atoms with Crippen LogP contribution in [0.25, 0.3) is 0 Å². The molecule has 0 aromatic heterocycles. The minimum absolute atomic E-state index is 0.0405. The molecule has 0 bridgehead atoms. The molecule has 4 nitrogen and oxygen atoms in total. The molecule has 0 saturated carbocycles. The number of hydrogen-bond donors (Lipinski definition) is 1. The fourth-order valence-electron chi connectivity index (χ4n) is 3.28. The largest absolute Gasteiger partial charge is 0.486 e. The lowest BCUT2D eigenvalue weighted by atomic mass is 9.84. The molecule has 2 aromatic rings. The molecule has 0 fully saturated rings. The molecule has 1 atom stereocenters. The van der Waals surface area contributed by atoms with Crippen molar-refractivity contribution in [2.24, 2.45) is 0 Å². The Morgan fingerprint density at radius 3 is 2.48 bits per heavy atom. The summed E-state index contributed by atoms with van der Waals surface area (Å²) >= 11 is 0. The normalized spacial score (nSPS) is 19.0. The van der Waals surface area contributed by atoms with E-state index in [1.54, 1.807) is 0 Å². The molecule has 0 saturated heterocycles. The van der Waals surface area contributed by atoms with Gasteiger partial charge in [-0.1, -0.05) is 31.2 Å². The van der Waals surface area contributed by atoms with E-state index >= 15 is 0 Å². The first-order valence-corrected chi connectivity index (χ1v) is 8.07. The number of nitrogens with one attached hydrogen (secondary N) is 1. The van der Waals surface area contributed by atoms with Crippen LogP contribution in [0.3, 0.4) is 0 Å². The Hall–Kier alpha value is -2.49. The molecule has 2 heterocycles. The molecule has 0 radical (unpaired) electrons. The van der Waals surface area contributed by atoms with Crippen LogP contribution in [-0.2, 0) is 11.2 Å². The van der Waals surface area contributed by atoms with Crippen LogP contribution in [0.2, 0.25) is 0 Å². The van der Waals surface area contributed by atoms with Gasteiger partial charge in [0.05, 0.1) is 0 Å². The number of rotatable bonds is 2. The zero-order valence-corrected chi connectivity index (χ0v) is 13.1. The standard InChI is InChI=1S/C19H19NO3/c1-2-12-3-5-13(6-4-12)14-10-19(21)20-16-11-18-17(9-15(14)16)22-7-8-23-18/h3-6,9,11,14H,2,7-8,10H2,1H3,(H,20,21). The predicted octanol–water partition coefficient (Wildman–Crippen LogP) is 3.49. The van der Waals surface area contributed by atoms with Crippen molar-refractivity contribution in [3.63, 3.8) is 0 Å². The second kappa shape index (κ2) is 5.61. The summed E-state index contributed by atoms with van der Waals surface area (Å²) in [6.07, 6.45) is 1.47. The number of carbonyl (C=O) groups is 1. The maximum Gasteiger partial charge on any atom is 0.225 e. The number of ether oxygens (including phenoxy) is 2. The fourth-order valence-corrected chi connectivity index (χ4v) is 3.28. The van der Waals surface area contributed by atoms with Crippen molar-refractivity contribution >= 4 is 11.6 Å². The van der Waals surface area contributed by atoms with Gasteiger partial charge in [-0.15, -0.1) is 0 Å². The van der Waals surface area contributed by atoms with Gasteiger partial charge in [0.15, 0.2) is 11.5 Å². The van der Waals surface area contributed by atoms with Crippen molar-refractivity contribution < 1.29 is 14.3 Å². The lowest BCUT2D eigenvalue weighted by Crippen LogP contribution is -2.24. The van der Waals surface area contributed by atoms with E-state index < -0.39 is 0 Å². The van der Waals surface area contributed by atoms with Gasteiger partial charge >= 0.3 is 0 Å². The summed E-state index contributed by atoms with van der Waals surface area (Å²) in [6, 6.07) is 12.4. The molecule has 2 aliphatic heterocycles. The summed E-state index contributed by atoms with van der Waals surface area (Å²) in [6.45, 7) is 3.25. The first kappa shape index (κ1) is 14.1. The molecular weight excluding hydrogens is 290 g/mol. The lowest BCUT2D eigenvalue weighted by molar-refractivity contribution is -0.116. The maximum atomic E-state index is 12.1. The minimum Gasteiger partial charge on any atom is -0.486 e. The fraction of sp³-hybridized carbons (Fsp3) is 0.316. The third-order valence-electron chi connectivity index (χ3n) is 4.54. The van der Waals surface area contributed by atoms with E-state index in [-0.39, 0.29) is 11.8 Å². The smallest absolute Gasteiger partial charge is 0.225 e. The van der Waals surface area contributed by atoms with Gasteiger partial charge in [-0.25, -0.2) is 0 Å². The number of amides is 1. The molecule has 4 heteroatoms. The average molecular weight is 309 g/mol. The maximum absolute atomic E-state index is 12.1. The van der Waals surface area contributed by atoms with E-state index in [1.807, 2.05) is 12.1 Å². The quantitative estimate of drug-likeness (QED) is 0.923. The zero-order chi connectivity index (χ0) is 15.8. The summed E-state index contributed by atoms with van der Waals surface area (Å²) in [4.78, 5) is 12.1. The Balaban J connectivity index is 1.78. The van der Waals surface area contributed by atoms with Crippen LogP contribution in [0.15, 0.2) is 36.4 Å². The van der Waals surface area contributed by atoms with Crippen LogP contribution in [-0.4, -0.2) is 19.1 Å². The molecule has 118 valence electrons. The first-order valence-electron chi connectivity index (χ1n) is 8.07. The Morgan fingerprint density at radius 1 is 1.09 bits per heavy atom. The predicted molar refractivity (Wildman–Crippen MR) is 88.3 cm³/mol. The highest BCUT2D eigenvalue weighted by Crippen LogP contribution is 2.43. The van der Waals surface area contributed by atoms with Gasteiger partial charge in [-0.2, -0.15) is 0 Å². The molecule has 0 spiro atoms. The number of anilines is 1. The average Bonchev–Trinajstić information content (AvgIpc) is 2.59. The van der Waals surface area contributed by atoms with E-state index in [1.165, 1.54) is 5.56 Å². The van der Waals surface area contributed by atoms with Gasteiger partial charge in [0.2, 0.25) is 5.91 Å². The molecule has 2 aliphatic rings. The van der Waals surface area contributed by atoms with Crippen molar-refractivity contribution in [1.82, 2.24) is 0 Å². The first-order chi connectivity index (χ1) is 11.2. The SMILES string of the molecule is CCc1ccc(C2CC(=O)Nc3cc4c(cc32)OCCO4)cc1. The number of aryl methyl sites for hydroxylation is 1. The second-order valence-electron chi connectivity index (χ2n) is 5.98. The van der Waals surface area contributed by atoms with Crippen LogP contribution >= 0.6 is 0 Å². The topological polar surface area (TPSA) is 47.6 Å². The van der Waals surface area contributed by atoms with Gasteiger partial charge < -0.3 is 14.8 Å². The molecular formula is C19H19NO3. The molecule has 1 amide bonds. The summed E-state index contributed by atoms with van der Waals surface area (Å²) in [7, 11) is 0. The van der Waals surface area contributed by atoms with Gasteiger partial charge in [0, 0.05) is 24.1 Å². The Morgan fingerprint density at radius 2 is 1.78 bits per heavy atom. The van der Waals surface area contributed by atoms with E-state index in [2.05, 4.69) is 36.5 Å². The van der Waals surface area contributed by atoms with Crippen molar-refractivity contribution in [1.29, 1.82) is 0 Å². The van der Waals surface area contributed by atoms with Crippen molar-refractivity contribution in [2.75, 3.05) is 18.5 Å². The van der Waals surface area contributed by atoms with Crippen LogP contribution in [0.4, 0.5) is 5.69 Å². The highest BCUT2D eigenvalue weighted by atomic mass is 16.6. The molecule has 1 unspecified atom stereocenters. The van der Waals surface area contributed by atoms with E-state index in [0.29, 0.717) is 25.4 Å². The summed E-state index contributed by atoms with van der Waals surface area (Å²) < 4.78 is 11.3. The third-order valence-corrected chi connectivity index (χ3v) is 4.54. The Labute approximate surface area is 135 Å². The highest BCUT2D eigenvalue weighted by molar-refractivity contribution is 5.96. The van der Waals surface area contributed by atoms with Crippen molar-refractivity contribution in [2.45, 2.75) is 25.7 Å². The van der Waals surface area contributed by atoms with E-state index in [9.17, 15) is 4.79 Å². The lowest BCUT2D eigenvalue weighted by Gasteiger charge is -2.29. The number of fused-ring (bicyclic) bond motifs is 2. The van der Waals surface area contributed by atoms with Crippen molar-refractivity contribution in [3.05, 3.63) is 53.1 Å². The van der Waals surface area contributed by atoms with Crippen LogP contribution in [0.1, 0.15) is 36.0 Å². The highest BCUT2D eigenvalue weighted by Gasteiger charge is 2.29. The van der Waals surface area contributed by atoms with E-state index in [0.717, 1.165) is 29.0 Å². The Bertz CT molecular complexity index is 752. The number of hydrogen-bond acceptors (Lipinski definition) is 3. The molecule has 0 aliphatic carbocycles. The van der Waals surface area contributed by atoms with E-state index in [4.69, 9.17) is 9.47 Å². The molecule has 23 heavy (non-hydrogen) atoms. The van der Waals surface area contributed by atoms with Gasteiger partial charge in [0.25, 0.3) is 0 Å². The van der Waals surface area contributed by atoms with Crippen LogP contribution in [0, 0.1) is 0 Å². The summed E-state index contributed by atoms with van der Waals surface area (Å²) in [5.74, 6) is 1.57. The summed E-state index contributed by atoms with van der Waals surface area (Å²) in [5, 5.41) is 2.96. The Kier molecular flexibility index (Phi) is 3.45. The number of benzene rings is 2.